The van der Waals surface area contributed by atoms with Gasteiger partial charge in [-0.1, -0.05) is 24.6 Å². The summed E-state index contributed by atoms with van der Waals surface area (Å²) in [4.78, 5) is 12.2. The van der Waals surface area contributed by atoms with E-state index in [4.69, 9.17) is 17.3 Å². The summed E-state index contributed by atoms with van der Waals surface area (Å²) in [6.45, 7) is 2.09. The number of carbonyl (C=O) groups excluding carboxylic acids is 1. The van der Waals surface area contributed by atoms with Gasteiger partial charge in [0.05, 0.1) is 10.6 Å². The van der Waals surface area contributed by atoms with E-state index in [1.807, 2.05) is 0 Å². The number of amides is 1. The Morgan fingerprint density at radius 2 is 2.24 bits per heavy atom. The fourth-order valence-electron chi connectivity index (χ4n) is 2.25. The fraction of sp³-hybridized carbons (Fsp3) is 0.462. The van der Waals surface area contributed by atoms with Gasteiger partial charge in [0.2, 0.25) is 0 Å². The molecule has 0 heterocycles. The minimum atomic E-state index is -0.158. The molecule has 0 atom stereocenters. The molecule has 3 nitrogen and oxygen atoms in total. The number of halogens is 1. The minimum Gasteiger partial charge on any atom is -0.398 e. The Hall–Kier alpha value is -1.22. The summed E-state index contributed by atoms with van der Waals surface area (Å²) < 4.78 is 0. The lowest BCUT2D eigenvalue weighted by molar-refractivity contribution is 0.0821. The highest BCUT2D eigenvalue weighted by Gasteiger charge is 2.37. The minimum absolute atomic E-state index is 0.0390. The second kappa shape index (κ2) is 4.57. The van der Waals surface area contributed by atoms with E-state index >= 15 is 0 Å². The standard InChI is InChI=1S/C13H17ClN2O/c1-2-13(7-4-8-13)16-12(17)11-9(14)5-3-6-10(11)15/h3,5-6H,2,4,7-8,15H2,1H3,(H,16,17). The molecule has 0 unspecified atom stereocenters. The van der Waals surface area contributed by atoms with Crippen LogP contribution in [-0.2, 0) is 0 Å². The average molecular weight is 253 g/mol. The molecule has 0 bridgehead atoms. The van der Waals surface area contributed by atoms with Gasteiger partial charge >= 0.3 is 0 Å². The van der Waals surface area contributed by atoms with Gasteiger partial charge in [-0.05, 0) is 37.8 Å². The van der Waals surface area contributed by atoms with Crippen LogP contribution in [0, 0.1) is 0 Å². The van der Waals surface area contributed by atoms with Crippen LogP contribution in [0.4, 0.5) is 5.69 Å². The van der Waals surface area contributed by atoms with Crippen molar-refractivity contribution in [2.75, 3.05) is 5.73 Å². The third-order valence-electron chi connectivity index (χ3n) is 3.64. The predicted molar refractivity (Wildman–Crippen MR) is 70.2 cm³/mol. The van der Waals surface area contributed by atoms with Crippen molar-refractivity contribution in [3.63, 3.8) is 0 Å². The number of benzene rings is 1. The highest BCUT2D eigenvalue weighted by Crippen LogP contribution is 2.35. The first-order chi connectivity index (χ1) is 8.08. The SMILES string of the molecule is CCC1(NC(=O)c2c(N)cccc2Cl)CCC1. The van der Waals surface area contributed by atoms with Gasteiger partial charge in [-0.2, -0.15) is 0 Å². The number of nitrogens with two attached hydrogens (primary N) is 1. The normalized spacial score (nSPS) is 17.3. The third-order valence-corrected chi connectivity index (χ3v) is 3.95. The number of anilines is 1. The zero-order valence-corrected chi connectivity index (χ0v) is 10.7. The summed E-state index contributed by atoms with van der Waals surface area (Å²) in [5.74, 6) is -0.158. The van der Waals surface area contributed by atoms with Gasteiger partial charge in [-0.15, -0.1) is 0 Å². The number of nitrogen functional groups attached to an aromatic ring is 1. The van der Waals surface area contributed by atoms with Crippen LogP contribution in [0.5, 0.6) is 0 Å². The van der Waals surface area contributed by atoms with E-state index in [1.54, 1.807) is 18.2 Å². The molecule has 0 radical (unpaired) electrons. The lowest BCUT2D eigenvalue weighted by Crippen LogP contribution is -2.53. The van der Waals surface area contributed by atoms with E-state index in [2.05, 4.69) is 12.2 Å². The van der Waals surface area contributed by atoms with Gasteiger partial charge in [0.25, 0.3) is 5.91 Å². The molecule has 2 rings (SSSR count). The second-order valence-electron chi connectivity index (χ2n) is 4.65. The second-order valence-corrected chi connectivity index (χ2v) is 5.05. The van der Waals surface area contributed by atoms with Crippen molar-refractivity contribution >= 4 is 23.2 Å². The van der Waals surface area contributed by atoms with E-state index in [0.29, 0.717) is 16.3 Å². The van der Waals surface area contributed by atoms with E-state index in [0.717, 1.165) is 19.3 Å². The molecule has 1 aliphatic rings. The van der Waals surface area contributed by atoms with Crippen molar-refractivity contribution in [3.8, 4) is 0 Å². The summed E-state index contributed by atoms with van der Waals surface area (Å²) >= 11 is 6.02. The van der Waals surface area contributed by atoms with Gasteiger partial charge in [0.1, 0.15) is 0 Å². The first-order valence-electron chi connectivity index (χ1n) is 5.94. The molecule has 1 saturated carbocycles. The molecule has 1 amide bonds. The smallest absolute Gasteiger partial charge is 0.255 e. The van der Waals surface area contributed by atoms with Crippen molar-refractivity contribution in [1.29, 1.82) is 0 Å². The molecule has 17 heavy (non-hydrogen) atoms. The maximum atomic E-state index is 12.2. The first-order valence-corrected chi connectivity index (χ1v) is 6.32. The number of carbonyl (C=O) groups is 1. The zero-order valence-electron chi connectivity index (χ0n) is 9.92. The molecule has 4 heteroatoms. The first kappa shape index (κ1) is 12.2. The van der Waals surface area contributed by atoms with Crippen molar-refractivity contribution in [2.45, 2.75) is 38.1 Å². The summed E-state index contributed by atoms with van der Waals surface area (Å²) in [7, 11) is 0. The van der Waals surface area contributed by atoms with Crippen LogP contribution < -0.4 is 11.1 Å². The highest BCUT2D eigenvalue weighted by atomic mass is 35.5. The fourth-order valence-corrected chi connectivity index (χ4v) is 2.52. The van der Waals surface area contributed by atoms with Crippen LogP contribution in [0.2, 0.25) is 5.02 Å². The largest absolute Gasteiger partial charge is 0.398 e. The summed E-state index contributed by atoms with van der Waals surface area (Å²) in [5, 5.41) is 3.48. The molecule has 1 aromatic carbocycles. The van der Waals surface area contributed by atoms with Crippen molar-refractivity contribution in [1.82, 2.24) is 5.32 Å². The van der Waals surface area contributed by atoms with Gasteiger partial charge in [0.15, 0.2) is 0 Å². The monoisotopic (exact) mass is 252 g/mol. The number of hydrogen-bond donors (Lipinski definition) is 2. The lowest BCUT2D eigenvalue weighted by atomic mass is 9.74. The topological polar surface area (TPSA) is 55.1 Å². The quantitative estimate of drug-likeness (QED) is 0.813. The molecule has 0 aromatic heterocycles. The Balaban J connectivity index is 2.20. The maximum absolute atomic E-state index is 12.2. The zero-order chi connectivity index (χ0) is 12.5. The van der Waals surface area contributed by atoms with E-state index < -0.39 is 0 Å². The predicted octanol–water partition coefficient (Wildman–Crippen LogP) is 2.98. The molecule has 1 aliphatic carbocycles. The molecule has 0 aliphatic heterocycles. The Morgan fingerprint density at radius 3 is 2.71 bits per heavy atom. The summed E-state index contributed by atoms with van der Waals surface area (Å²) in [5.41, 5.74) is 6.59. The van der Waals surface area contributed by atoms with Gasteiger partial charge in [-0.3, -0.25) is 4.79 Å². The van der Waals surface area contributed by atoms with Crippen LogP contribution in [0.1, 0.15) is 43.0 Å². The molecule has 3 N–H and O–H groups in total. The molecular formula is C13H17ClN2O. The van der Waals surface area contributed by atoms with Crippen molar-refractivity contribution in [3.05, 3.63) is 28.8 Å². The molecule has 1 fully saturated rings. The van der Waals surface area contributed by atoms with Crippen LogP contribution in [0.25, 0.3) is 0 Å². The molecule has 92 valence electrons. The Bertz CT molecular complexity index is 415. The third kappa shape index (κ3) is 2.25. The number of nitrogens with one attached hydrogen (secondary N) is 1. The molecular weight excluding hydrogens is 236 g/mol. The Kier molecular flexibility index (Phi) is 3.29. The van der Waals surface area contributed by atoms with E-state index in [-0.39, 0.29) is 11.4 Å². The van der Waals surface area contributed by atoms with E-state index in [1.165, 1.54) is 6.42 Å². The van der Waals surface area contributed by atoms with E-state index in [9.17, 15) is 4.79 Å². The molecule has 0 saturated heterocycles. The Morgan fingerprint density at radius 1 is 1.53 bits per heavy atom. The molecule has 0 spiro atoms. The van der Waals surface area contributed by atoms with Crippen LogP contribution >= 0.6 is 11.6 Å². The van der Waals surface area contributed by atoms with Crippen molar-refractivity contribution < 1.29 is 4.79 Å². The summed E-state index contributed by atoms with van der Waals surface area (Å²) in [6, 6.07) is 5.12. The van der Waals surface area contributed by atoms with Gasteiger partial charge in [0, 0.05) is 11.2 Å². The van der Waals surface area contributed by atoms with Crippen LogP contribution in [-0.4, -0.2) is 11.4 Å². The Labute approximate surface area is 106 Å². The van der Waals surface area contributed by atoms with Crippen molar-refractivity contribution in [2.24, 2.45) is 0 Å². The summed E-state index contributed by atoms with van der Waals surface area (Å²) in [6.07, 6.45) is 4.20. The molecule has 1 aromatic rings. The average Bonchev–Trinajstić information content (AvgIpc) is 2.23. The van der Waals surface area contributed by atoms with Gasteiger partial charge < -0.3 is 11.1 Å². The van der Waals surface area contributed by atoms with Crippen LogP contribution in [0.15, 0.2) is 18.2 Å². The number of hydrogen-bond acceptors (Lipinski definition) is 2. The number of rotatable bonds is 3. The van der Waals surface area contributed by atoms with Gasteiger partial charge in [-0.25, -0.2) is 0 Å². The maximum Gasteiger partial charge on any atom is 0.255 e. The van der Waals surface area contributed by atoms with Crippen LogP contribution in [0.3, 0.4) is 0 Å². The highest BCUT2D eigenvalue weighted by molar-refractivity contribution is 6.34. The lowest BCUT2D eigenvalue weighted by Gasteiger charge is -2.42.